The predicted molar refractivity (Wildman–Crippen MR) is 178 cm³/mol. The van der Waals surface area contributed by atoms with Crippen molar-refractivity contribution in [3.63, 3.8) is 0 Å². The van der Waals surface area contributed by atoms with Crippen LogP contribution >= 0.6 is 0 Å². The van der Waals surface area contributed by atoms with Crippen LogP contribution in [0.1, 0.15) is 30.0 Å². The van der Waals surface area contributed by atoms with E-state index >= 15 is 0 Å². The monoisotopic (exact) mass is 640 g/mol. The van der Waals surface area contributed by atoms with Crippen molar-refractivity contribution in [3.05, 3.63) is 95.7 Å². The molecule has 0 radical (unpaired) electrons. The standard InChI is InChI=1S/C35H40N4O6Si/c1-22-33(46(2,3)44)30(19-32(42)39(15-16-40)21-23-9-5-4-6-10-23)45-35(22)27-18-25(13-14-29(27)38-34(35)43)37-31(41)17-24-20-36-28-12-8-7-11-26(24)28/h4-14,18,20,22,30,33,36,40,44H,15-17,19,21H2,1-3H3,(H,37,41)(H,38,43)/t22-,30+,33-,35+/m1/s1. The number of anilines is 2. The number of amides is 3. The highest BCUT2D eigenvalue weighted by Crippen LogP contribution is 2.58. The maximum Gasteiger partial charge on any atom is 0.261 e. The van der Waals surface area contributed by atoms with Gasteiger partial charge in [0.15, 0.2) is 13.9 Å². The molecular weight excluding hydrogens is 600 g/mol. The van der Waals surface area contributed by atoms with Crippen LogP contribution in [0.15, 0.2) is 79.0 Å². The molecule has 3 aromatic carbocycles. The van der Waals surface area contributed by atoms with Crippen LogP contribution in [0.25, 0.3) is 10.9 Å². The first kappa shape index (κ1) is 31.7. The van der Waals surface area contributed by atoms with E-state index < -0.39 is 31.5 Å². The van der Waals surface area contributed by atoms with E-state index in [9.17, 15) is 24.3 Å². The van der Waals surface area contributed by atoms with Crippen LogP contribution in [-0.2, 0) is 37.7 Å². The van der Waals surface area contributed by atoms with E-state index in [1.807, 2.05) is 67.7 Å². The molecule has 6 rings (SSSR count). The summed E-state index contributed by atoms with van der Waals surface area (Å²) >= 11 is 0. The van der Waals surface area contributed by atoms with E-state index in [-0.39, 0.29) is 43.7 Å². The Bertz CT molecular complexity index is 1770. The highest BCUT2D eigenvalue weighted by Gasteiger charge is 2.65. The van der Waals surface area contributed by atoms with E-state index in [2.05, 4.69) is 15.6 Å². The fourth-order valence-corrected chi connectivity index (χ4v) is 9.90. The lowest BCUT2D eigenvalue weighted by molar-refractivity contribution is -0.148. The fourth-order valence-electron chi connectivity index (χ4n) is 7.35. The Balaban J connectivity index is 1.26. The largest absolute Gasteiger partial charge is 0.432 e. The number of aromatic amines is 1. The summed E-state index contributed by atoms with van der Waals surface area (Å²) in [5.41, 5.74) is 2.53. The first-order chi connectivity index (χ1) is 22.0. The molecule has 1 fully saturated rings. The molecule has 2 aliphatic rings. The van der Waals surface area contributed by atoms with Gasteiger partial charge in [-0.05, 0) is 48.5 Å². The lowest BCUT2D eigenvalue weighted by atomic mass is 9.82. The molecule has 0 unspecified atom stereocenters. The zero-order valence-electron chi connectivity index (χ0n) is 26.2. The van der Waals surface area contributed by atoms with E-state index in [0.29, 0.717) is 23.5 Å². The van der Waals surface area contributed by atoms with Crippen molar-refractivity contribution >= 4 is 48.3 Å². The third kappa shape index (κ3) is 5.87. The second kappa shape index (κ2) is 12.5. The Morgan fingerprint density at radius 3 is 2.54 bits per heavy atom. The van der Waals surface area contributed by atoms with Crippen molar-refractivity contribution in [2.75, 3.05) is 23.8 Å². The van der Waals surface area contributed by atoms with Crippen LogP contribution < -0.4 is 10.6 Å². The number of aliphatic hydroxyl groups excluding tert-OH is 1. The number of para-hydroxylation sites is 1. The summed E-state index contributed by atoms with van der Waals surface area (Å²) in [5.74, 6) is -1.25. The number of benzene rings is 3. The lowest BCUT2D eigenvalue weighted by Gasteiger charge is -2.32. The number of fused-ring (bicyclic) bond motifs is 3. The van der Waals surface area contributed by atoms with Gasteiger partial charge in [-0.3, -0.25) is 14.4 Å². The van der Waals surface area contributed by atoms with Crippen molar-refractivity contribution in [3.8, 4) is 0 Å². The van der Waals surface area contributed by atoms with Crippen LogP contribution in [0.5, 0.6) is 0 Å². The number of aliphatic hydroxyl groups is 1. The van der Waals surface area contributed by atoms with Crippen molar-refractivity contribution < 1.29 is 29.0 Å². The van der Waals surface area contributed by atoms with Gasteiger partial charge in [0.2, 0.25) is 11.8 Å². The summed E-state index contributed by atoms with van der Waals surface area (Å²) in [4.78, 5) is 56.9. The molecule has 1 saturated heterocycles. The number of rotatable bonds is 10. The second-order valence-corrected chi connectivity index (χ2v) is 16.9. The highest BCUT2D eigenvalue weighted by atomic mass is 28.4. The predicted octanol–water partition coefficient (Wildman–Crippen LogP) is 4.51. The minimum Gasteiger partial charge on any atom is -0.432 e. The maximum absolute atomic E-state index is 13.8. The molecule has 3 heterocycles. The Labute approximate surface area is 268 Å². The molecular formula is C35H40N4O6Si. The molecule has 46 heavy (non-hydrogen) atoms. The zero-order chi connectivity index (χ0) is 32.6. The van der Waals surface area contributed by atoms with Gasteiger partial charge < -0.3 is 35.2 Å². The number of carbonyl (C=O) groups excluding carboxylic acids is 3. The SMILES string of the molecule is C[C@@H]1[C@@H]([Si](C)(C)O)[C@H](CC(=O)N(CCO)Cc2ccccc2)O[C@@]12C(=O)Nc1ccc(NC(=O)Cc3c[nH]c4ccccc34)cc12. The lowest BCUT2D eigenvalue weighted by Crippen LogP contribution is -2.44. The summed E-state index contributed by atoms with van der Waals surface area (Å²) in [6.45, 7) is 5.78. The number of nitrogens with one attached hydrogen (secondary N) is 3. The van der Waals surface area contributed by atoms with E-state index in [1.54, 1.807) is 36.2 Å². The van der Waals surface area contributed by atoms with Gasteiger partial charge >= 0.3 is 0 Å². The van der Waals surface area contributed by atoms with Gasteiger partial charge in [-0.2, -0.15) is 0 Å². The molecule has 4 atom stereocenters. The minimum absolute atomic E-state index is 0.0513. The van der Waals surface area contributed by atoms with E-state index in [0.717, 1.165) is 22.0 Å². The Morgan fingerprint density at radius 2 is 1.80 bits per heavy atom. The van der Waals surface area contributed by atoms with Gasteiger partial charge in [-0.15, -0.1) is 0 Å². The third-order valence-corrected chi connectivity index (χ3v) is 11.9. The van der Waals surface area contributed by atoms with Crippen LogP contribution in [0, 0.1) is 5.92 Å². The summed E-state index contributed by atoms with van der Waals surface area (Å²) in [6.07, 6.45) is 1.22. The molecule has 0 saturated carbocycles. The van der Waals surface area contributed by atoms with Crippen molar-refractivity contribution in [2.24, 2.45) is 5.92 Å². The van der Waals surface area contributed by atoms with Crippen molar-refractivity contribution in [1.82, 2.24) is 9.88 Å². The molecule has 3 amide bonds. The summed E-state index contributed by atoms with van der Waals surface area (Å²) in [5, 5.41) is 16.6. The van der Waals surface area contributed by atoms with Gasteiger partial charge in [0, 0.05) is 58.6 Å². The first-order valence-electron chi connectivity index (χ1n) is 15.6. The summed E-state index contributed by atoms with van der Waals surface area (Å²) < 4.78 is 6.68. The number of carbonyl (C=O) groups is 3. The van der Waals surface area contributed by atoms with Crippen LogP contribution in [-0.4, -0.2) is 65.1 Å². The van der Waals surface area contributed by atoms with Crippen LogP contribution in [0.4, 0.5) is 11.4 Å². The number of nitrogens with zero attached hydrogens (tertiary/aromatic N) is 1. The number of H-pyrrole nitrogens is 1. The highest BCUT2D eigenvalue weighted by molar-refractivity contribution is 6.71. The van der Waals surface area contributed by atoms with Crippen LogP contribution in [0.3, 0.4) is 0 Å². The molecule has 5 N–H and O–H groups in total. The molecule has 11 heteroatoms. The second-order valence-electron chi connectivity index (χ2n) is 12.9. The molecule has 1 spiro atoms. The van der Waals surface area contributed by atoms with Gasteiger partial charge in [0.05, 0.1) is 25.6 Å². The fraction of sp³-hybridized carbons (Fsp3) is 0.343. The normalized spacial score (nSPS) is 22.2. The van der Waals surface area contributed by atoms with E-state index in [1.165, 1.54) is 0 Å². The molecule has 1 aromatic heterocycles. The molecule has 240 valence electrons. The average Bonchev–Trinajstić information content (AvgIpc) is 3.65. The minimum atomic E-state index is -2.99. The van der Waals surface area contributed by atoms with Gasteiger partial charge in [-0.25, -0.2) is 0 Å². The number of hydrogen-bond acceptors (Lipinski definition) is 6. The maximum atomic E-state index is 13.8. The Kier molecular flexibility index (Phi) is 8.60. The summed E-state index contributed by atoms with van der Waals surface area (Å²) in [7, 11) is -2.99. The van der Waals surface area contributed by atoms with Crippen molar-refractivity contribution in [1.29, 1.82) is 0 Å². The van der Waals surface area contributed by atoms with E-state index in [4.69, 9.17) is 4.74 Å². The molecule has 0 bridgehead atoms. The van der Waals surface area contributed by atoms with Crippen molar-refractivity contribution in [2.45, 2.75) is 56.7 Å². The Hall–Kier alpha value is -4.29. The molecule has 0 aliphatic carbocycles. The molecule has 2 aliphatic heterocycles. The van der Waals surface area contributed by atoms with Gasteiger partial charge in [0.25, 0.3) is 5.91 Å². The zero-order valence-corrected chi connectivity index (χ0v) is 27.2. The Morgan fingerprint density at radius 1 is 1.07 bits per heavy atom. The molecule has 4 aromatic rings. The molecule has 10 nitrogen and oxygen atoms in total. The number of aromatic nitrogens is 1. The van der Waals surface area contributed by atoms with Crippen LogP contribution in [0.2, 0.25) is 18.6 Å². The first-order valence-corrected chi connectivity index (χ1v) is 18.7. The quantitative estimate of drug-likeness (QED) is 0.161. The summed E-state index contributed by atoms with van der Waals surface area (Å²) in [6, 6.07) is 22.6. The topological polar surface area (TPSA) is 144 Å². The number of hydrogen-bond donors (Lipinski definition) is 5. The third-order valence-electron chi connectivity index (χ3n) is 9.36. The number of ether oxygens (including phenoxy) is 1. The van der Waals surface area contributed by atoms with Gasteiger partial charge in [0.1, 0.15) is 0 Å². The smallest absolute Gasteiger partial charge is 0.261 e. The average molecular weight is 641 g/mol. The van der Waals surface area contributed by atoms with Gasteiger partial charge in [-0.1, -0.05) is 55.5 Å².